The van der Waals surface area contributed by atoms with E-state index in [9.17, 15) is 18.0 Å². The number of amides is 1. The molecule has 11 heteroatoms. The van der Waals surface area contributed by atoms with Gasteiger partial charge in [0.25, 0.3) is 5.91 Å². The molecule has 1 aromatic heterocycles. The first-order valence-corrected chi connectivity index (χ1v) is 13.3. The third kappa shape index (κ3) is 5.59. The van der Waals surface area contributed by atoms with Crippen LogP contribution in [0.5, 0.6) is 0 Å². The highest BCUT2D eigenvalue weighted by Crippen LogP contribution is 2.33. The molecule has 0 radical (unpaired) electrons. The number of hydrogen-bond acceptors (Lipinski definition) is 9. The largest absolute Gasteiger partial charge is 0.461 e. The Morgan fingerprint density at radius 3 is 2.48 bits per heavy atom. The van der Waals surface area contributed by atoms with E-state index in [4.69, 9.17) is 9.57 Å². The van der Waals surface area contributed by atoms with Crippen molar-refractivity contribution < 1.29 is 27.6 Å². The Kier molecular flexibility index (Phi) is 7.08. The van der Waals surface area contributed by atoms with E-state index < -0.39 is 21.7 Å². The predicted octanol–water partition coefficient (Wildman–Crippen LogP) is 3.56. The molecule has 1 amide bonds. The van der Waals surface area contributed by atoms with Gasteiger partial charge in [-0.1, -0.05) is 17.3 Å². The standard InChI is InChI=1S/C22H25N3O6S2/c1-2-30-21(27)18-13-32-22(23-18)24-20(26)19(25-31-15-5-3-4-6-15)14-7-9-16(10-8-14)33(28,29)17-11-12-17/h7-10,13,15,17H,2-6,11-12H2,1H3,(H,23,24,26)/b25-19+. The Labute approximate surface area is 196 Å². The number of carbonyl (C=O) groups is 2. The molecule has 0 aliphatic heterocycles. The number of aromatic nitrogens is 1. The fraction of sp³-hybridized carbons (Fsp3) is 0.455. The Hall–Kier alpha value is -2.79. The number of anilines is 1. The monoisotopic (exact) mass is 491 g/mol. The molecule has 176 valence electrons. The molecule has 1 heterocycles. The second kappa shape index (κ2) is 10.0. The minimum atomic E-state index is -3.34. The van der Waals surface area contributed by atoms with Crippen molar-refractivity contribution in [1.29, 1.82) is 0 Å². The van der Waals surface area contributed by atoms with Crippen molar-refractivity contribution in [3.05, 3.63) is 40.9 Å². The molecule has 4 rings (SSSR count). The first-order chi connectivity index (χ1) is 15.9. The van der Waals surface area contributed by atoms with Gasteiger partial charge in [-0.15, -0.1) is 11.3 Å². The molecule has 2 aliphatic carbocycles. The number of esters is 1. The van der Waals surface area contributed by atoms with E-state index in [1.807, 2.05) is 0 Å². The van der Waals surface area contributed by atoms with Gasteiger partial charge in [0.2, 0.25) is 0 Å². The molecule has 33 heavy (non-hydrogen) atoms. The fourth-order valence-electron chi connectivity index (χ4n) is 3.51. The average molecular weight is 492 g/mol. The first-order valence-electron chi connectivity index (χ1n) is 10.9. The maximum absolute atomic E-state index is 13.0. The summed E-state index contributed by atoms with van der Waals surface area (Å²) in [6, 6.07) is 6.09. The van der Waals surface area contributed by atoms with Crippen LogP contribution in [-0.2, 0) is 24.2 Å². The lowest BCUT2D eigenvalue weighted by atomic mass is 10.1. The van der Waals surface area contributed by atoms with Crippen LogP contribution in [0.25, 0.3) is 0 Å². The number of carbonyl (C=O) groups excluding carboxylic acids is 2. The summed E-state index contributed by atoms with van der Waals surface area (Å²) in [5.41, 5.74) is 0.528. The molecule has 0 atom stereocenters. The minimum absolute atomic E-state index is 0.00477. The molecule has 0 saturated heterocycles. The van der Waals surface area contributed by atoms with Crippen LogP contribution in [0, 0.1) is 0 Å². The average Bonchev–Trinajstić information content (AvgIpc) is 3.35. The molecule has 0 unspecified atom stereocenters. The summed E-state index contributed by atoms with van der Waals surface area (Å²) < 4.78 is 29.9. The molecule has 2 aliphatic rings. The summed E-state index contributed by atoms with van der Waals surface area (Å²) in [5.74, 6) is -1.14. The van der Waals surface area contributed by atoms with Crippen LogP contribution < -0.4 is 5.32 Å². The lowest BCUT2D eigenvalue weighted by molar-refractivity contribution is -0.110. The molecule has 2 saturated carbocycles. The SMILES string of the molecule is CCOC(=O)c1csc(NC(=O)/C(=N/OC2CCCC2)c2ccc(S(=O)(=O)C3CC3)cc2)n1. The zero-order valence-corrected chi connectivity index (χ0v) is 19.8. The molecule has 0 spiro atoms. The van der Waals surface area contributed by atoms with Crippen LogP contribution >= 0.6 is 11.3 Å². The molecule has 2 aromatic rings. The molecular formula is C22H25N3O6S2. The van der Waals surface area contributed by atoms with E-state index >= 15 is 0 Å². The quantitative estimate of drug-likeness (QED) is 0.323. The summed E-state index contributed by atoms with van der Waals surface area (Å²) >= 11 is 1.08. The van der Waals surface area contributed by atoms with Gasteiger partial charge in [-0.2, -0.15) is 0 Å². The van der Waals surface area contributed by atoms with Gasteiger partial charge in [-0.3, -0.25) is 10.1 Å². The van der Waals surface area contributed by atoms with Crippen molar-refractivity contribution in [3.63, 3.8) is 0 Å². The van der Waals surface area contributed by atoms with Gasteiger partial charge >= 0.3 is 5.97 Å². The number of nitrogens with one attached hydrogen (secondary N) is 1. The Bertz CT molecular complexity index is 1150. The van der Waals surface area contributed by atoms with Crippen molar-refractivity contribution in [3.8, 4) is 0 Å². The number of benzene rings is 1. The van der Waals surface area contributed by atoms with Crippen molar-refractivity contribution >= 4 is 43.9 Å². The predicted molar refractivity (Wildman–Crippen MR) is 123 cm³/mol. The van der Waals surface area contributed by atoms with Crippen LogP contribution in [0.2, 0.25) is 0 Å². The van der Waals surface area contributed by atoms with E-state index in [1.165, 1.54) is 17.5 Å². The van der Waals surface area contributed by atoms with Crippen LogP contribution in [0.3, 0.4) is 0 Å². The summed E-state index contributed by atoms with van der Waals surface area (Å²) in [5, 5.41) is 8.15. The van der Waals surface area contributed by atoms with E-state index in [1.54, 1.807) is 19.1 Å². The molecule has 2 fully saturated rings. The van der Waals surface area contributed by atoms with E-state index in [0.29, 0.717) is 18.4 Å². The summed E-state index contributed by atoms with van der Waals surface area (Å²) in [7, 11) is -3.34. The van der Waals surface area contributed by atoms with Gasteiger partial charge in [-0.25, -0.2) is 18.2 Å². The number of sulfone groups is 1. The second-order valence-electron chi connectivity index (χ2n) is 7.93. The first kappa shape index (κ1) is 23.4. The van der Waals surface area contributed by atoms with Crippen molar-refractivity contribution in [2.45, 2.75) is 61.7 Å². The zero-order chi connectivity index (χ0) is 23.4. The van der Waals surface area contributed by atoms with E-state index in [2.05, 4.69) is 15.5 Å². The van der Waals surface area contributed by atoms with Gasteiger partial charge in [0.15, 0.2) is 26.4 Å². The Balaban J connectivity index is 1.55. The highest BCUT2D eigenvalue weighted by Gasteiger charge is 2.36. The minimum Gasteiger partial charge on any atom is -0.461 e. The van der Waals surface area contributed by atoms with Crippen LogP contribution in [0.1, 0.15) is 61.5 Å². The van der Waals surface area contributed by atoms with Crippen molar-refractivity contribution in [2.75, 3.05) is 11.9 Å². The highest BCUT2D eigenvalue weighted by molar-refractivity contribution is 7.92. The van der Waals surface area contributed by atoms with Gasteiger partial charge in [-0.05, 0) is 57.6 Å². The lowest BCUT2D eigenvalue weighted by Gasteiger charge is -2.11. The van der Waals surface area contributed by atoms with Crippen LogP contribution in [0.15, 0.2) is 39.7 Å². The van der Waals surface area contributed by atoms with Gasteiger partial charge in [0.05, 0.1) is 16.8 Å². The Morgan fingerprint density at radius 2 is 1.85 bits per heavy atom. The van der Waals surface area contributed by atoms with Crippen LogP contribution in [0.4, 0.5) is 5.13 Å². The third-order valence-electron chi connectivity index (χ3n) is 5.44. The topological polar surface area (TPSA) is 124 Å². The normalized spacial score (nSPS) is 17.1. The van der Waals surface area contributed by atoms with Gasteiger partial charge in [0, 0.05) is 10.9 Å². The van der Waals surface area contributed by atoms with Crippen molar-refractivity contribution in [1.82, 2.24) is 4.98 Å². The third-order valence-corrected chi connectivity index (χ3v) is 8.48. The van der Waals surface area contributed by atoms with Gasteiger partial charge < -0.3 is 9.57 Å². The molecule has 1 N–H and O–H groups in total. The molecular weight excluding hydrogens is 466 g/mol. The Morgan fingerprint density at radius 1 is 1.15 bits per heavy atom. The smallest absolute Gasteiger partial charge is 0.357 e. The highest BCUT2D eigenvalue weighted by atomic mass is 32.2. The summed E-state index contributed by atoms with van der Waals surface area (Å²) in [6.07, 6.45) is 5.12. The number of thiazole rings is 1. The lowest BCUT2D eigenvalue weighted by Crippen LogP contribution is -2.25. The van der Waals surface area contributed by atoms with Crippen molar-refractivity contribution in [2.24, 2.45) is 5.16 Å². The summed E-state index contributed by atoms with van der Waals surface area (Å²) in [6.45, 7) is 1.92. The van der Waals surface area contributed by atoms with E-state index in [-0.39, 0.29) is 39.4 Å². The van der Waals surface area contributed by atoms with Crippen LogP contribution in [-0.4, -0.2) is 49.0 Å². The maximum Gasteiger partial charge on any atom is 0.357 e. The van der Waals surface area contributed by atoms with Gasteiger partial charge in [0.1, 0.15) is 6.10 Å². The number of nitrogens with zero attached hydrogens (tertiary/aromatic N) is 2. The fourth-order valence-corrected chi connectivity index (χ4v) is 5.84. The molecule has 1 aromatic carbocycles. The number of oxime groups is 1. The number of ether oxygens (including phenoxy) is 1. The summed E-state index contributed by atoms with van der Waals surface area (Å²) in [4.78, 5) is 34.8. The zero-order valence-electron chi connectivity index (χ0n) is 18.2. The van der Waals surface area contributed by atoms with E-state index in [0.717, 1.165) is 37.0 Å². The molecule has 0 bridgehead atoms. The number of hydrogen-bond donors (Lipinski definition) is 1. The second-order valence-corrected chi connectivity index (χ2v) is 11.0. The maximum atomic E-state index is 13.0. The number of rotatable bonds is 9. The molecule has 9 nitrogen and oxygen atoms in total.